The van der Waals surface area contributed by atoms with Crippen molar-refractivity contribution in [3.8, 4) is 0 Å². The Morgan fingerprint density at radius 3 is 1.53 bits per heavy atom. The molecule has 0 N–H and O–H groups in total. The zero-order valence-corrected chi connectivity index (χ0v) is 18.9. The Kier molecular flexibility index (Phi) is 4.30. The SMILES string of the molecule is Cc1ccc2cc3ccc(Cc4cc5cc6cc(C)ccc6cc5cc4C)cc3cc2c1. The lowest BCUT2D eigenvalue weighted by atomic mass is 9.93. The minimum absolute atomic E-state index is 0.954. The van der Waals surface area contributed by atoms with E-state index in [9.17, 15) is 0 Å². The molecule has 6 aromatic rings. The van der Waals surface area contributed by atoms with Crippen molar-refractivity contribution in [2.75, 3.05) is 0 Å². The summed E-state index contributed by atoms with van der Waals surface area (Å²) in [5, 5.41) is 10.5. The van der Waals surface area contributed by atoms with E-state index in [4.69, 9.17) is 0 Å². The van der Waals surface area contributed by atoms with Gasteiger partial charge in [0.15, 0.2) is 0 Å². The lowest BCUT2D eigenvalue weighted by Crippen LogP contribution is -1.93. The number of aryl methyl sites for hydroxylation is 3. The van der Waals surface area contributed by atoms with Gasteiger partial charge in [-0.25, -0.2) is 0 Å². The van der Waals surface area contributed by atoms with Gasteiger partial charge < -0.3 is 0 Å². The zero-order chi connectivity index (χ0) is 21.8. The standard InChI is InChI=1S/C32H26/c1-20-4-7-24-15-26-9-6-23(14-31(26)18-28(24)10-20)13-27-17-32-19-29-11-21(2)5-8-25(29)16-30(32)12-22(27)3/h4-12,14-19H,13H2,1-3H3. The molecule has 0 heterocycles. The van der Waals surface area contributed by atoms with Gasteiger partial charge in [0.1, 0.15) is 0 Å². The van der Waals surface area contributed by atoms with Gasteiger partial charge in [-0.1, -0.05) is 77.9 Å². The summed E-state index contributed by atoms with van der Waals surface area (Å²) in [5.74, 6) is 0. The van der Waals surface area contributed by atoms with E-state index < -0.39 is 0 Å². The fourth-order valence-electron chi connectivity index (χ4n) is 5.02. The molecule has 0 saturated heterocycles. The van der Waals surface area contributed by atoms with Crippen molar-refractivity contribution in [2.24, 2.45) is 0 Å². The predicted octanol–water partition coefficient (Wildman–Crippen LogP) is 8.82. The number of hydrogen-bond donors (Lipinski definition) is 0. The van der Waals surface area contributed by atoms with E-state index in [1.807, 2.05) is 0 Å². The Morgan fingerprint density at radius 1 is 0.406 bits per heavy atom. The Hall–Kier alpha value is -3.64. The first kappa shape index (κ1) is 19.1. The molecule has 0 saturated carbocycles. The van der Waals surface area contributed by atoms with Crippen molar-refractivity contribution in [2.45, 2.75) is 27.2 Å². The Bertz CT molecular complexity index is 1670. The molecule has 6 aromatic carbocycles. The third kappa shape index (κ3) is 3.33. The van der Waals surface area contributed by atoms with Gasteiger partial charge in [-0.3, -0.25) is 0 Å². The first-order chi connectivity index (χ1) is 15.5. The molecule has 0 aromatic heterocycles. The highest BCUT2D eigenvalue weighted by molar-refractivity contribution is 6.00. The largest absolute Gasteiger partial charge is 0.0587 e. The van der Waals surface area contributed by atoms with Crippen LogP contribution in [0.15, 0.2) is 91.0 Å². The van der Waals surface area contributed by atoms with E-state index in [0.29, 0.717) is 0 Å². The van der Waals surface area contributed by atoms with Crippen LogP contribution in [0, 0.1) is 20.8 Å². The molecule has 6 rings (SSSR count). The fraction of sp³-hybridized carbons (Fsp3) is 0.125. The molecule has 0 nitrogen and oxygen atoms in total. The highest BCUT2D eigenvalue weighted by Gasteiger charge is 2.07. The van der Waals surface area contributed by atoms with E-state index in [-0.39, 0.29) is 0 Å². The van der Waals surface area contributed by atoms with Crippen molar-refractivity contribution < 1.29 is 0 Å². The Morgan fingerprint density at radius 2 is 0.875 bits per heavy atom. The van der Waals surface area contributed by atoms with Crippen molar-refractivity contribution in [1.29, 1.82) is 0 Å². The molecule has 0 aliphatic rings. The smallest absolute Gasteiger partial charge is 0.00227 e. The summed E-state index contributed by atoms with van der Waals surface area (Å²) in [6.07, 6.45) is 0.954. The molecular formula is C32H26. The van der Waals surface area contributed by atoms with E-state index in [1.54, 1.807) is 0 Å². The van der Waals surface area contributed by atoms with Crippen LogP contribution >= 0.6 is 0 Å². The summed E-state index contributed by atoms with van der Waals surface area (Å²) >= 11 is 0. The molecule has 0 spiro atoms. The summed E-state index contributed by atoms with van der Waals surface area (Å²) in [6.45, 7) is 6.56. The van der Waals surface area contributed by atoms with Crippen LogP contribution in [0.3, 0.4) is 0 Å². The van der Waals surface area contributed by atoms with Gasteiger partial charge >= 0.3 is 0 Å². The summed E-state index contributed by atoms with van der Waals surface area (Å²) in [4.78, 5) is 0. The minimum atomic E-state index is 0.954. The molecule has 32 heavy (non-hydrogen) atoms. The van der Waals surface area contributed by atoms with Crippen LogP contribution in [0.5, 0.6) is 0 Å². The molecule has 0 aliphatic heterocycles. The maximum Gasteiger partial charge on any atom is -0.00227 e. The maximum atomic E-state index is 2.39. The number of rotatable bonds is 2. The van der Waals surface area contributed by atoms with E-state index in [0.717, 1.165) is 6.42 Å². The average Bonchev–Trinajstić information content (AvgIpc) is 2.77. The summed E-state index contributed by atoms with van der Waals surface area (Å²) in [5.41, 5.74) is 6.74. The Balaban J connectivity index is 1.43. The number of hydrogen-bond acceptors (Lipinski definition) is 0. The average molecular weight is 411 g/mol. The fourth-order valence-corrected chi connectivity index (χ4v) is 5.02. The van der Waals surface area contributed by atoms with Gasteiger partial charge in [0, 0.05) is 0 Å². The molecule has 0 heteroatoms. The monoisotopic (exact) mass is 410 g/mol. The van der Waals surface area contributed by atoms with E-state index in [1.165, 1.54) is 70.9 Å². The molecule has 0 unspecified atom stereocenters. The van der Waals surface area contributed by atoms with Gasteiger partial charge in [0.05, 0.1) is 0 Å². The van der Waals surface area contributed by atoms with Crippen molar-refractivity contribution in [1.82, 2.24) is 0 Å². The highest BCUT2D eigenvalue weighted by Crippen LogP contribution is 2.29. The molecular weight excluding hydrogens is 384 g/mol. The number of benzene rings is 6. The van der Waals surface area contributed by atoms with Crippen LogP contribution in [-0.2, 0) is 6.42 Å². The minimum Gasteiger partial charge on any atom is -0.0587 e. The second-order valence-corrected chi connectivity index (χ2v) is 9.39. The molecule has 0 atom stereocenters. The van der Waals surface area contributed by atoms with Crippen LogP contribution < -0.4 is 0 Å². The lowest BCUT2D eigenvalue weighted by Gasteiger charge is -2.11. The molecule has 0 amide bonds. The molecule has 0 fully saturated rings. The van der Waals surface area contributed by atoms with Crippen LogP contribution in [0.2, 0.25) is 0 Å². The van der Waals surface area contributed by atoms with Crippen LogP contribution in [0.25, 0.3) is 43.1 Å². The zero-order valence-electron chi connectivity index (χ0n) is 18.9. The second kappa shape index (κ2) is 7.21. The van der Waals surface area contributed by atoms with Gasteiger partial charge in [-0.05, 0) is 111 Å². The molecule has 0 aliphatic carbocycles. The van der Waals surface area contributed by atoms with E-state index in [2.05, 4.69) is 112 Å². The highest BCUT2D eigenvalue weighted by atomic mass is 14.1. The summed E-state index contributed by atoms with van der Waals surface area (Å²) in [7, 11) is 0. The quantitative estimate of drug-likeness (QED) is 0.250. The van der Waals surface area contributed by atoms with Gasteiger partial charge in [-0.15, -0.1) is 0 Å². The molecule has 0 bridgehead atoms. The van der Waals surface area contributed by atoms with Crippen LogP contribution in [-0.4, -0.2) is 0 Å². The third-order valence-electron chi connectivity index (χ3n) is 6.82. The lowest BCUT2D eigenvalue weighted by molar-refractivity contribution is 1.17. The first-order valence-electron chi connectivity index (χ1n) is 11.4. The first-order valence-corrected chi connectivity index (χ1v) is 11.4. The van der Waals surface area contributed by atoms with Gasteiger partial charge in [0.2, 0.25) is 0 Å². The van der Waals surface area contributed by atoms with Gasteiger partial charge in [0.25, 0.3) is 0 Å². The number of fused-ring (bicyclic) bond motifs is 4. The van der Waals surface area contributed by atoms with Crippen LogP contribution in [0.4, 0.5) is 0 Å². The Labute approximate surface area is 189 Å². The normalized spacial score (nSPS) is 11.7. The van der Waals surface area contributed by atoms with Crippen LogP contribution in [0.1, 0.15) is 27.8 Å². The third-order valence-corrected chi connectivity index (χ3v) is 6.82. The topological polar surface area (TPSA) is 0 Å². The van der Waals surface area contributed by atoms with Crippen molar-refractivity contribution in [3.05, 3.63) is 119 Å². The van der Waals surface area contributed by atoms with Crippen molar-refractivity contribution in [3.63, 3.8) is 0 Å². The summed E-state index contributed by atoms with van der Waals surface area (Å²) in [6, 6.07) is 34.4. The van der Waals surface area contributed by atoms with E-state index >= 15 is 0 Å². The molecule has 0 radical (unpaired) electrons. The predicted molar refractivity (Wildman–Crippen MR) is 140 cm³/mol. The molecule has 154 valence electrons. The summed E-state index contributed by atoms with van der Waals surface area (Å²) < 4.78 is 0. The van der Waals surface area contributed by atoms with Gasteiger partial charge in [-0.2, -0.15) is 0 Å². The van der Waals surface area contributed by atoms with Crippen molar-refractivity contribution >= 4 is 43.1 Å². The second-order valence-electron chi connectivity index (χ2n) is 9.39. The maximum absolute atomic E-state index is 2.39.